The van der Waals surface area contributed by atoms with Gasteiger partial charge >= 0.3 is 5.97 Å². The number of halogens is 2. The maximum Gasteiger partial charge on any atom is 0.338 e. The van der Waals surface area contributed by atoms with Gasteiger partial charge in [0.25, 0.3) is 5.91 Å². The first-order valence-electron chi connectivity index (χ1n) is 11.2. The number of rotatable bonds is 10. The molecule has 1 heterocycles. The summed E-state index contributed by atoms with van der Waals surface area (Å²) in [4.78, 5) is 25.2. The van der Waals surface area contributed by atoms with Gasteiger partial charge in [0.2, 0.25) is 0 Å². The number of benzene rings is 2. The molecule has 1 aliphatic rings. The third-order valence-corrected chi connectivity index (χ3v) is 6.33. The lowest BCUT2D eigenvalue weighted by Crippen LogP contribution is -2.45. The Hall–Kier alpha value is -3.47. The maximum absolute atomic E-state index is 12.7. The van der Waals surface area contributed by atoms with Gasteiger partial charge in [-0.2, -0.15) is 10.4 Å². The summed E-state index contributed by atoms with van der Waals surface area (Å²) in [5, 5.41) is 19.2. The zero-order chi connectivity index (χ0) is 27.7. The van der Waals surface area contributed by atoms with E-state index < -0.39 is 17.9 Å². The molecule has 3 rings (SSSR count). The van der Waals surface area contributed by atoms with Crippen molar-refractivity contribution in [1.29, 1.82) is 5.26 Å². The fourth-order valence-corrected chi connectivity index (χ4v) is 5.18. The predicted octanol–water partition coefficient (Wildman–Crippen LogP) is 4.00. The maximum atomic E-state index is 12.7. The number of hydrazone groups is 1. The Bertz CT molecular complexity index is 1340. The third kappa shape index (κ3) is 7.53. The Kier molecular flexibility index (Phi) is 10.6. The highest BCUT2D eigenvalue weighted by Gasteiger charge is 2.32. The second-order valence-corrected chi connectivity index (χ2v) is 9.84. The van der Waals surface area contributed by atoms with Crippen LogP contribution in [0, 0.1) is 11.3 Å². The van der Waals surface area contributed by atoms with Gasteiger partial charge in [0.1, 0.15) is 17.6 Å². The van der Waals surface area contributed by atoms with Crippen LogP contribution in [0.25, 0.3) is 0 Å². The van der Waals surface area contributed by atoms with Crippen molar-refractivity contribution >= 4 is 67.3 Å². The van der Waals surface area contributed by atoms with Gasteiger partial charge in [-0.1, -0.05) is 34.1 Å². The van der Waals surface area contributed by atoms with Gasteiger partial charge in [-0.25, -0.2) is 10.2 Å². The largest absolute Gasteiger partial charge is 0.483 e. The summed E-state index contributed by atoms with van der Waals surface area (Å²) in [6.07, 6.45) is 1.40. The van der Waals surface area contributed by atoms with Crippen LogP contribution in [0.5, 0.6) is 11.5 Å². The van der Waals surface area contributed by atoms with E-state index >= 15 is 0 Å². The van der Waals surface area contributed by atoms with E-state index in [9.17, 15) is 9.59 Å². The number of carbonyl (C=O) groups excluding carboxylic acids is 2. The molecule has 2 aromatic rings. The summed E-state index contributed by atoms with van der Waals surface area (Å²) in [7, 11) is 0. The molecular weight excluding hydrogens is 642 g/mol. The minimum Gasteiger partial charge on any atom is -0.483 e. The minimum atomic E-state index is -0.637. The van der Waals surface area contributed by atoms with Crippen molar-refractivity contribution < 1.29 is 23.8 Å². The number of para-hydroxylation sites is 1. The molecule has 1 amide bonds. The lowest BCUT2D eigenvalue weighted by Gasteiger charge is -2.30. The van der Waals surface area contributed by atoms with Crippen LogP contribution in [0.2, 0.25) is 0 Å². The van der Waals surface area contributed by atoms with Crippen molar-refractivity contribution in [1.82, 2.24) is 16.1 Å². The van der Waals surface area contributed by atoms with Crippen molar-refractivity contribution in [2.45, 2.75) is 19.9 Å². The van der Waals surface area contributed by atoms with Crippen molar-refractivity contribution in [3.63, 3.8) is 0 Å². The number of hydrogen-bond donors (Lipinski definition) is 3. The monoisotopic (exact) mass is 663 g/mol. The molecule has 38 heavy (non-hydrogen) atoms. The van der Waals surface area contributed by atoms with Gasteiger partial charge in [0, 0.05) is 21.3 Å². The molecule has 0 saturated heterocycles. The average Bonchev–Trinajstić information content (AvgIpc) is 2.86. The van der Waals surface area contributed by atoms with E-state index in [1.165, 1.54) is 6.21 Å². The van der Waals surface area contributed by atoms with Gasteiger partial charge in [0.05, 0.1) is 28.9 Å². The zero-order valence-electron chi connectivity index (χ0n) is 20.3. The van der Waals surface area contributed by atoms with Gasteiger partial charge in [-0.15, -0.1) is 0 Å². The number of nitriles is 1. The summed E-state index contributed by atoms with van der Waals surface area (Å²) >= 11 is 12.1. The first kappa shape index (κ1) is 29.1. The summed E-state index contributed by atoms with van der Waals surface area (Å²) in [5.74, 6) is -0.218. The van der Waals surface area contributed by atoms with E-state index in [0.29, 0.717) is 43.5 Å². The summed E-state index contributed by atoms with van der Waals surface area (Å²) < 4.78 is 17.8. The van der Waals surface area contributed by atoms with Crippen LogP contribution in [0.3, 0.4) is 0 Å². The lowest BCUT2D eigenvalue weighted by atomic mass is 9.95. The molecule has 1 aliphatic heterocycles. The molecule has 10 nitrogen and oxygen atoms in total. The quantitative estimate of drug-likeness (QED) is 0.149. The molecule has 0 saturated carbocycles. The number of hydrogen-bond acceptors (Lipinski definition) is 8. The molecule has 0 unspecified atom stereocenters. The highest BCUT2D eigenvalue weighted by Crippen LogP contribution is 2.34. The van der Waals surface area contributed by atoms with Crippen LogP contribution >= 0.6 is 44.1 Å². The second-order valence-electron chi connectivity index (χ2n) is 7.66. The number of carbonyl (C=O) groups is 2. The van der Waals surface area contributed by atoms with Crippen LogP contribution < -0.4 is 25.5 Å². The first-order chi connectivity index (χ1) is 18.2. The highest BCUT2D eigenvalue weighted by molar-refractivity contribution is 9.11. The Balaban J connectivity index is 1.73. The van der Waals surface area contributed by atoms with Crippen LogP contribution in [-0.4, -0.2) is 43.0 Å². The van der Waals surface area contributed by atoms with E-state index in [1.54, 1.807) is 50.2 Å². The first-order valence-corrected chi connectivity index (χ1v) is 13.2. The number of esters is 1. The SMILES string of the molecule is CCOC(=O)C1=C(C)NC(=S)N[C@H]1c1ccccc1OCC(=O)NN=Cc1cc(Br)cc(Br)c1OCC#N. The van der Waals surface area contributed by atoms with Gasteiger partial charge < -0.3 is 24.8 Å². The molecule has 13 heteroatoms. The van der Waals surface area contributed by atoms with Crippen molar-refractivity contribution in [3.8, 4) is 17.6 Å². The van der Waals surface area contributed by atoms with Gasteiger partial charge in [0.15, 0.2) is 18.3 Å². The molecule has 0 fully saturated rings. The van der Waals surface area contributed by atoms with E-state index in [0.717, 1.165) is 4.47 Å². The van der Waals surface area contributed by atoms with Crippen molar-refractivity contribution in [2.24, 2.45) is 5.10 Å². The lowest BCUT2D eigenvalue weighted by molar-refractivity contribution is -0.139. The van der Waals surface area contributed by atoms with Crippen LogP contribution in [0.1, 0.15) is 31.0 Å². The number of allylic oxidation sites excluding steroid dienone is 1. The molecule has 198 valence electrons. The van der Waals surface area contributed by atoms with E-state index in [1.807, 2.05) is 6.07 Å². The highest BCUT2D eigenvalue weighted by atomic mass is 79.9. The third-order valence-electron chi connectivity index (χ3n) is 5.06. The van der Waals surface area contributed by atoms with Crippen molar-refractivity contribution in [3.05, 3.63) is 67.7 Å². The van der Waals surface area contributed by atoms with Gasteiger partial charge in [-0.05, 0) is 60.2 Å². The normalized spacial score (nSPS) is 14.8. The molecule has 0 spiro atoms. The molecule has 0 aromatic heterocycles. The Morgan fingerprint density at radius 3 is 2.76 bits per heavy atom. The average molecular weight is 665 g/mol. The fourth-order valence-electron chi connectivity index (χ4n) is 3.54. The topological polar surface area (TPSA) is 134 Å². The summed E-state index contributed by atoms with van der Waals surface area (Å²) in [5.41, 5.74) is 4.47. The molecule has 0 radical (unpaired) electrons. The van der Waals surface area contributed by atoms with Crippen LogP contribution in [0.15, 0.2) is 61.7 Å². The number of nitrogens with one attached hydrogen (secondary N) is 3. The standard InChI is InChI=1S/C25H23Br2N5O5S/c1-3-35-24(34)21-14(2)30-25(38)31-22(21)17-6-4-5-7-19(17)37-13-20(33)32-29-12-15-10-16(26)11-18(27)23(15)36-9-8-28/h4-7,10-12,22H,3,9,13H2,1-2H3,(H,32,33)(H2,30,31,38)/t22-/m0/s1. The smallest absolute Gasteiger partial charge is 0.338 e. The van der Waals surface area contributed by atoms with E-state index in [-0.39, 0.29) is 19.8 Å². The van der Waals surface area contributed by atoms with Crippen LogP contribution in [0.4, 0.5) is 0 Å². The number of nitrogens with zero attached hydrogens (tertiary/aromatic N) is 2. The Labute approximate surface area is 241 Å². The summed E-state index contributed by atoms with van der Waals surface area (Å²) in [6.45, 7) is 3.19. The van der Waals surface area contributed by atoms with Gasteiger partial charge in [-0.3, -0.25) is 4.79 Å². The minimum absolute atomic E-state index is 0.149. The molecular formula is C25H23Br2N5O5S. The van der Waals surface area contributed by atoms with E-state index in [4.69, 9.17) is 31.7 Å². The fraction of sp³-hybridized carbons (Fsp3) is 0.240. The molecule has 0 aliphatic carbocycles. The Morgan fingerprint density at radius 2 is 2.03 bits per heavy atom. The Morgan fingerprint density at radius 1 is 1.26 bits per heavy atom. The molecule has 1 atom stereocenters. The van der Waals surface area contributed by atoms with E-state index in [2.05, 4.69) is 53.0 Å². The zero-order valence-corrected chi connectivity index (χ0v) is 24.3. The number of thiocarbonyl (C=S) groups is 1. The predicted molar refractivity (Wildman–Crippen MR) is 152 cm³/mol. The number of ether oxygens (including phenoxy) is 3. The number of amides is 1. The molecule has 3 N–H and O–H groups in total. The van der Waals surface area contributed by atoms with Crippen LogP contribution in [-0.2, 0) is 14.3 Å². The molecule has 2 aromatic carbocycles. The molecule has 0 bridgehead atoms. The second kappa shape index (κ2) is 13.9. The summed E-state index contributed by atoms with van der Waals surface area (Å²) in [6, 6.07) is 11.8. The van der Waals surface area contributed by atoms with Crippen molar-refractivity contribution in [2.75, 3.05) is 19.8 Å².